The Bertz CT molecular complexity index is 637. The summed E-state index contributed by atoms with van der Waals surface area (Å²) in [5.74, 6) is 6.01. The van der Waals surface area contributed by atoms with E-state index in [1.807, 2.05) is 30.3 Å². The number of para-hydroxylation sites is 1. The molecule has 0 fully saturated rings. The number of thioether (sulfide) groups is 1. The number of nitrogens with zero attached hydrogens (tertiary/aromatic N) is 1. The summed E-state index contributed by atoms with van der Waals surface area (Å²) in [5.41, 5.74) is 3.57. The van der Waals surface area contributed by atoms with Gasteiger partial charge in [0.2, 0.25) is 0 Å². The lowest BCUT2D eigenvalue weighted by Gasteiger charge is -2.09. The van der Waals surface area contributed by atoms with Crippen molar-refractivity contribution in [3.8, 4) is 0 Å². The molecule has 0 aliphatic carbocycles. The first-order valence-electron chi connectivity index (χ1n) is 5.73. The van der Waals surface area contributed by atoms with Gasteiger partial charge in [0.25, 0.3) is 5.69 Å². The minimum Gasteiger partial charge on any atom is -0.318 e. The highest BCUT2D eigenvalue weighted by Gasteiger charge is 2.16. The number of benzene rings is 2. The third-order valence-corrected chi connectivity index (χ3v) is 4.20. The average Bonchev–Trinajstić information content (AvgIpc) is 2.44. The van der Waals surface area contributed by atoms with Gasteiger partial charge in [0.15, 0.2) is 0 Å². The molecule has 0 amide bonds. The molecule has 0 atom stereocenters. The summed E-state index contributed by atoms with van der Waals surface area (Å²) in [6, 6.07) is 12.8. The van der Waals surface area contributed by atoms with Crippen molar-refractivity contribution >= 4 is 39.1 Å². The van der Waals surface area contributed by atoms with Crippen LogP contribution in [0, 0.1) is 10.1 Å². The highest BCUT2D eigenvalue weighted by atomic mass is 79.9. The van der Waals surface area contributed by atoms with Gasteiger partial charge in [-0.25, -0.2) is 0 Å². The highest BCUT2D eigenvalue weighted by molar-refractivity contribution is 9.10. The van der Waals surface area contributed by atoms with Crippen molar-refractivity contribution in [1.82, 2.24) is 0 Å². The number of nitrogen functional groups attached to an aromatic ring is 1. The van der Waals surface area contributed by atoms with Crippen LogP contribution in [-0.4, -0.2) is 4.92 Å². The third kappa shape index (κ3) is 3.50. The Balaban J connectivity index is 2.21. The fourth-order valence-corrected chi connectivity index (χ4v) is 3.24. The molecular weight excluding hydrogens is 342 g/mol. The molecule has 0 bridgehead atoms. The summed E-state index contributed by atoms with van der Waals surface area (Å²) in [4.78, 5) is 11.6. The van der Waals surface area contributed by atoms with Crippen LogP contribution in [-0.2, 0) is 5.75 Å². The Hall–Kier alpha value is -1.57. The molecule has 3 N–H and O–H groups in total. The van der Waals surface area contributed by atoms with Gasteiger partial charge in [0.05, 0.1) is 4.92 Å². The molecule has 2 rings (SSSR count). The van der Waals surface area contributed by atoms with E-state index in [2.05, 4.69) is 21.4 Å². The maximum Gasteiger partial charge on any atom is 0.293 e. The van der Waals surface area contributed by atoms with Crippen LogP contribution in [0.4, 0.5) is 11.4 Å². The lowest BCUT2D eigenvalue weighted by Crippen LogP contribution is -2.11. The van der Waals surface area contributed by atoms with E-state index in [0.29, 0.717) is 11.4 Å². The Morgan fingerprint density at radius 3 is 2.70 bits per heavy atom. The normalized spacial score (nSPS) is 10.3. The van der Waals surface area contributed by atoms with Gasteiger partial charge < -0.3 is 5.43 Å². The SMILES string of the molecule is NNc1c(CSc2cccc(Br)c2)cccc1[N+](=O)[O-]. The number of rotatable bonds is 5. The van der Waals surface area contributed by atoms with Crippen LogP contribution in [0.5, 0.6) is 0 Å². The van der Waals surface area contributed by atoms with Crippen LogP contribution >= 0.6 is 27.7 Å². The van der Waals surface area contributed by atoms with Crippen molar-refractivity contribution in [3.05, 3.63) is 62.6 Å². The Kier molecular flexibility index (Phi) is 4.99. The van der Waals surface area contributed by atoms with Gasteiger partial charge in [-0.05, 0) is 23.8 Å². The number of halogens is 1. The predicted octanol–water partition coefficient (Wildman–Crippen LogP) is 3.94. The molecule has 0 unspecified atom stereocenters. The van der Waals surface area contributed by atoms with Crippen molar-refractivity contribution in [1.29, 1.82) is 0 Å². The fraction of sp³-hybridized carbons (Fsp3) is 0.0769. The lowest BCUT2D eigenvalue weighted by atomic mass is 10.2. The maximum absolute atomic E-state index is 10.9. The number of anilines is 1. The van der Waals surface area contributed by atoms with Crippen LogP contribution < -0.4 is 11.3 Å². The molecule has 2 aromatic rings. The van der Waals surface area contributed by atoms with Crippen LogP contribution in [0.1, 0.15) is 5.56 Å². The fourth-order valence-electron chi connectivity index (χ4n) is 1.74. The summed E-state index contributed by atoms with van der Waals surface area (Å²) in [5, 5.41) is 10.9. The van der Waals surface area contributed by atoms with Crippen LogP contribution in [0.25, 0.3) is 0 Å². The van der Waals surface area contributed by atoms with Gasteiger partial charge >= 0.3 is 0 Å². The lowest BCUT2D eigenvalue weighted by molar-refractivity contribution is -0.384. The highest BCUT2D eigenvalue weighted by Crippen LogP contribution is 2.32. The number of nitro benzene ring substituents is 1. The zero-order chi connectivity index (χ0) is 14.5. The largest absolute Gasteiger partial charge is 0.318 e. The first-order chi connectivity index (χ1) is 9.61. The van der Waals surface area contributed by atoms with Gasteiger partial charge in [-0.3, -0.25) is 16.0 Å². The van der Waals surface area contributed by atoms with Crippen molar-refractivity contribution in [2.45, 2.75) is 10.6 Å². The van der Waals surface area contributed by atoms with E-state index in [-0.39, 0.29) is 5.69 Å². The topological polar surface area (TPSA) is 81.2 Å². The quantitative estimate of drug-likeness (QED) is 0.368. The van der Waals surface area contributed by atoms with Crippen LogP contribution in [0.2, 0.25) is 0 Å². The van der Waals surface area contributed by atoms with Gasteiger partial charge in [-0.2, -0.15) is 0 Å². The van der Waals surface area contributed by atoms with Crippen molar-refractivity contribution < 1.29 is 4.92 Å². The third-order valence-electron chi connectivity index (χ3n) is 2.66. The van der Waals surface area contributed by atoms with Crippen LogP contribution in [0.3, 0.4) is 0 Å². The van der Waals surface area contributed by atoms with E-state index in [0.717, 1.165) is 14.9 Å². The number of hydrogen-bond acceptors (Lipinski definition) is 5. The molecule has 0 aliphatic rings. The first-order valence-corrected chi connectivity index (χ1v) is 7.51. The molecule has 20 heavy (non-hydrogen) atoms. The van der Waals surface area contributed by atoms with Gasteiger partial charge in [0, 0.05) is 21.2 Å². The number of hydrogen-bond donors (Lipinski definition) is 2. The molecule has 2 aromatic carbocycles. The number of nitrogens with two attached hydrogens (primary N) is 1. The summed E-state index contributed by atoms with van der Waals surface area (Å²) in [6.07, 6.45) is 0. The average molecular weight is 354 g/mol. The Morgan fingerprint density at radius 1 is 1.30 bits per heavy atom. The first kappa shape index (κ1) is 14.8. The van der Waals surface area contributed by atoms with E-state index in [1.54, 1.807) is 17.8 Å². The molecular formula is C13H12BrN3O2S. The van der Waals surface area contributed by atoms with Crippen molar-refractivity contribution in [3.63, 3.8) is 0 Å². The van der Waals surface area contributed by atoms with Crippen molar-refractivity contribution in [2.75, 3.05) is 5.43 Å². The summed E-state index contributed by atoms with van der Waals surface area (Å²) < 4.78 is 0.999. The molecule has 104 valence electrons. The van der Waals surface area contributed by atoms with E-state index in [1.165, 1.54) is 6.07 Å². The maximum atomic E-state index is 10.9. The number of nitro groups is 1. The summed E-state index contributed by atoms with van der Waals surface area (Å²) in [6.45, 7) is 0. The van der Waals surface area contributed by atoms with E-state index in [9.17, 15) is 10.1 Å². The number of nitrogens with one attached hydrogen (secondary N) is 1. The zero-order valence-electron chi connectivity index (χ0n) is 10.4. The molecule has 7 heteroatoms. The minimum absolute atomic E-state index is 0.0140. The molecule has 5 nitrogen and oxygen atoms in total. The van der Waals surface area contributed by atoms with Gasteiger partial charge in [-0.1, -0.05) is 34.1 Å². The van der Waals surface area contributed by atoms with Crippen LogP contribution in [0.15, 0.2) is 51.8 Å². The molecule has 0 saturated heterocycles. The van der Waals surface area contributed by atoms with E-state index < -0.39 is 4.92 Å². The molecule has 0 spiro atoms. The van der Waals surface area contributed by atoms with Gasteiger partial charge in [0.1, 0.15) is 5.69 Å². The van der Waals surface area contributed by atoms with Gasteiger partial charge in [-0.15, -0.1) is 11.8 Å². The standard InChI is InChI=1S/C13H12BrN3O2S/c14-10-4-2-5-11(7-10)20-8-9-3-1-6-12(17(18)19)13(9)16-15/h1-7,16H,8,15H2. The number of hydrazine groups is 1. The van der Waals surface area contributed by atoms with E-state index in [4.69, 9.17) is 5.84 Å². The molecule has 0 saturated carbocycles. The smallest absolute Gasteiger partial charge is 0.293 e. The monoisotopic (exact) mass is 353 g/mol. The Morgan fingerprint density at radius 2 is 2.05 bits per heavy atom. The predicted molar refractivity (Wildman–Crippen MR) is 84.6 cm³/mol. The molecule has 0 aromatic heterocycles. The molecule has 0 aliphatic heterocycles. The summed E-state index contributed by atoms with van der Waals surface area (Å²) >= 11 is 5.00. The minimum atomic E-state index is -0.442. The van der Waals surface area contributed by atoms with E-state index >= 15 is 0 Å². The molecule has 0 heterocycles. The summed E-state index contributed by atoms with van der Waals surface area (Å²) in [7, 11) is 0. The second-order valence-electron chi connectivity index (χ2n) is 3.96. The second-order valence-corrected chi connectivity index (χ2v) is 5.92. The zero-order valence-corrected chi connectivity index (χ0v) is 12.8. The second kappa shape index (κ2) is 6.74. The van der Waals surface area contributed by atoms with Crippen molar-refractivity contribution in [2.24, 2.45) is 5.84 Å². The Labute approximate surface area is 128 Å². The molecule has 0 radical (unpaired) electrons.